The number of hydrogen-bond donors (Lipinski definition) is 2. The molecular weight excluding hydrogens is 273 g/mol. The first kappa shape index (κ1) is 13.3. The normalized spacial score (nSPS) is 10.6. The molecule has 104 valence electrons. The molecule has 0 amide bonds. The van der Waals surface area contributed by atoms with Gasteiger partial charge in [-0.05, 0) is 34.9 Å². The molecule has 21 heavy (non-hydrogen) atoms. The summed E-state index contributed by atoms with van der Waals surface area (Å²) < 4.78 is 0. The lowest BCUT2D eigenvalue weighted by molar-refractivity contribution is 0.0409. The maximum absolute atomic E-state index is 12.0. The molecule has 0 spiro atoms. The van der Waals surface area contributed by atoms with Crippen molar-refractivity contribution in [1.29, 1.82) is 0 Å². The van der Waals surface area contributed by atoms with Crippen molar-refractivity contribution < 1.29 is 19.7 Å². The first-order chi connectivity index (χ1) is 10.1. The zero-order valence-corrected chi connectivity index (χ0v) is 10.7. The first-order valence-corrected chi connectivity index (χ1v) is 6.14. The van der Waals surface area contributed by atoms with Gasteiger partial charge in [0.1, 0.15) is 11.0 Å². The van der Waals surface area contributed by atoms with E-state index >= 15 is 0 Å². The average Bonchev–Trinajstić information content (AvgIpc) is 2.91. The molecule has 0 aliphatic rings. The summed E-state index contributed by atoms with van der Waals surface area (Å²) in [5, 5.41) is 25.6. The van der Waals surface area contributed by atoms with Crippen LogP contribution in [0.4, 0.5) is 0 Å². The number of aromatic nitrogens is 3. The minimum absolute atomic E-state index is 0.263. The van der Waals surface area contributed by atoms with Gasteiger partial charge >= 0.3 is 13.1 Å². The zero-order chi connectivity index (χ0) is 14.8. The van der Waals surface area contributed by atoms with Crippen molar-refractivity contribution in [2.45, 2.75) is 0 Å². The van der Waals surface area contributed by atoms with E-state index in [0.29, 0.717) is 11.0 Å². The van der Waals surface area contributed by atoms with Crippen molar-refractivity contribution in [2.75, 3.05) is 0 Å². The molecule has 3 aromatic rings. The summed E-state index contributed by atoms with van der Waals surface area (Å²) in [6.07, 6.45) is 0. The Balaban J connectivity index is 1.83. The molecule has 0 saturated carbocycles. The molecule has 8 heteroatoms. The third-order valence-corrected chi connectivity index (χ3v) is 2.94. The molecule has 0 fully saturated rings. The van der Waals surface area contributed by atoms with Gasteiger partial charge in [0.05, 0.1) is 5.56 Å². The van der Waals surface area contributed by atoms with E-state index in [1.54, 1.807) is 18.2 Å². The van der Waals surface area contributed by atoms with Crippen molar-refractivity contribution in [3.8, 4) is 0 Å². The largest absolute Gasteiger partial charge is 0.488 e. The Bertz CT molecular complexity index is 785. The molecule has 1 aromatic heterocycles. The Morgan fingerprint density at radius 2 is 1.81 bits per heavy atom. The third kappa shape index (κ3) is 2.62. The van der Waals surface area contributed by atoms with Gasteiger partial charge in [-0.3, -0.25) is 0 Å². The van der Waals surface area contributed by atoms with Gasteiger partial charge in [0.2, 0.25) is 0 Å². The molecule has 0 saturated heterocycles. The van der Waals surface area contributed by atoms with Crippen LogP contribution in [0.25, 0.3) is 11.0 Å². The highest BCUT2D eigenvalue weighted by atomic mass is 16.7. The first-order valence-electron chi connectivity index (χ1n) is 6.14. The minimum atomic E-state index is -1.57. The van der Waals surface area contributed by atoms with E-state index in [9.17, 15) is 4.79 Å². The standard InChI is InChI=1S/C13H10BN3O4/c18-13(9-5-7-10(8-6-9)14(19)20)21-17-12-4-2-1-3-11(12)15-16-17/h1-8,19-20H. The van der Waals surface area contributed by atoms with E-state index in [0.717, 1.165) is 4.85 Å². The fraction of sp³-hybridized carbons (Fsp3) is 0. The van der Waals surface area contributed by atoms with Crippen molar-refractivity contribution in [3.05, 3.63) is 54.1 Å². The smallest absolute Gasteiger partial charge is 0.423 e. The van der Waals surface area contributed by atoms with E-state index in [-0.39, 0.29) is 11.0 Å². The lowest BCUT2D eigenvalue weighted by atomic mass is 9.80. The van der Waals surface area contributed by atoms with E-state index < -0.39 is 13.1 Å². The molecular formula is C13H10BN3O4. The van der Waals surface area contributed by atoms with Gasteiger partial charge in [0, 0.05) is 0 Å². The molecule has 0 aliphatic carbocycles. The van der Waals surface area contributed by atoms with Crippen LogP contribution in [0.1, 0.15) is 10.4 Å². The fourth-order valence-corrected chi connectivity index (χ4v) is 1.84. The van der Waals surface area contributed by atoms with E-state index in [1.807, 2.05) is 6.07 Å². The minimum Gasteiger partial charge on any atom is -0.423 e. The number of hydrogen-bond acceptors (Lipinski definition) is 6. The summed E-state index contributed by atoms with van der Waals surface area (Å²) >= 11 is 0. The summed E-state index contributed by atoms with van der Waals surface area (Å²) in [6.45, 7) is 0. The Morgan fingerprint density at radius 3 is 2.52 bits per heavy atom. The molecule has 2 aromatic carbocycles. The average molecular weight is 283 g/mol. The Labute approximate surface area is 119 Å². The fourth-order valence-electron chi connectivity index (χ4n) is 1.84. The van der Waals surface area contributed by atoms with Gasteiger partial charge in [-0.25, -0.2) is 4.79 Å². The summed E-state index contributed by atoms with van der Waals surface area (Å²) in [6, 6.07) is 12.8. The van der Waals surface area contributed by atoms with Crippen LogP contribution < -0.4 is 10.3 Å². The van der Waals surface area contributed by atoms with Crippen LogP contribution in [0.15, 0.2) is 48.5 Å². The maximum atomic E-state index is 12.0. The summed E-state index contributed by atoms with van der Waals surface area (Å²) in [4.78, 5) is 18.2. The summed E-state index contributed by atoms with van der Waals surface area (Å²) in [7, 11) is -1.57. The Hall–Kier alpha value is -2.71. The second-order valence-electron chi connectivity index (χ2n) is 4.33. The molecule has 0 unspecified atom stereocenters. The third-order valence-electron chi connectivity index (χ3n) is 2.94. The predicted molar refractivity (Wildman–Crippen MR) is 74.7 cm³/mol. The SMILES string of the molecule is O=C(On1nnc2ccccc21)c1ccc(B(O)O)cc1. The van der Waals surface area contributed by atoms with Crippen molar-refractivity contribution in [3.63, 3.8) is 0 Å². The van der Waals surface area contributed by atoms with Gasteiger partial charge in [-0.2, -0.15) is 0 Å². The van der Waals surface area contributed by atoms with Crippen molar-refractivity contribution in [2.24, 2.45) is 0 Å². The van der Waals surface area contributed by atoms with Gasteiger partial charge < -0.3 is 14.9 Å². The Kier molecular flexibility index (Phi) is 3.39. The molecule has 2 N–H and O–H groups in total. The van der Waals surface area contributed by atoms with Crippen LogP contribution >= 0.6 is 0 Å². The predicted octanol–water partition coefficient (Wildman–Crippen LogP) is -0.620. The van der Waals surface area contributed by atoms with Crippen LogP contribution in [0.3, 0.4) is 0 Å². The lowest BCUT2D eigenvalue weighted by Gasteiger charge is -2.04. The highest BCUT2D eigenvalue weighted by molar-refractivity contribution is 6.58. The number of nitrogens with zero attached hydrogens (tertiary/aromatic N) is 3. The number of carbonyl (C=O) groups excluding carboxylic acids is 1. The monoisotopic (exact) mass is 283 g/mol. The molecule has 0 bridgehead atoms. The Morgan fingerprint density at radius 1 is 1.10 bits per heavy atom. The van der Waals surface area contributed by atoms with E-state index in [4.69, 9.17) is 14.9 Å². The zero-order valence-electron chi connectivity index (χ0n) is 10.7. The number of para-hydroxylation sites is 1. The summed E-state index contributed by atoms with van der Waals surface area (Å²) in [5.41, 5.74) is 1.74. The van der Waals surface area contributed by atoms with E-state index in [1.165, 1.54) is 24.3 Å². The molecule has 0 atom stereocenters. The van der Waals surface area contributed by atoms with E-state index in [2.05, 4.69) is 10.3 Å². The van der Waals surface area contributed by atoms with Crippen molar-refractivity contribution in [1.82, 2.24) is 15.2 Å². The van der Waals surface area contributed by atoms with Gasteiger partial charge in [0.25, 0.3) is 0 Å². The maximum Gasteiger partial charge on any atom is 0.488 e. The van der Waals surface area contributed by atoms with Crippen molar-refractivity contribution >= 4 is 29.6 Å². The van der Waals surface area contributed by atoms with Gasteiger partial charge in [0.15, 0.2) is 0 Å². The number of carbonyl (C=O) groups is 1. The van der Waals surface area contributed by atoms with Crippen LogP contribution in [-0.4, -0.2) is 38.3 Å². The van der Waals surface area contributed by atoms with Gasteiger partial charge in [-0.1, -0.05) is 29.1 Å². The lowest BCUT2D eigenvalue weighted by Crippen LogP contribution is -2.30. The number of benzene rings is 2. The highest BCUT2D eigenvalue weighted by Crippen LogP contribution is 2.09. The van der Waals surface area contributed by atoms with Crippen LogP contribution in [0, 0.1) is 0 Å². The second-order valence-corrected chi connectivity index (χ2v) is 4.33. The summed E-state index contributed by atoms with van der Waals surface area (Å²) in [5.74, 6) is -0.621. The van der Waals surface area contributed by atoms with Crippen LogP contribution in [0.5, 0.6) is 0 Å². The highest BCUT2D eigenvalue weighted by Gasteiger charge is 2.15. The molecule has 0 radical (unpaired) electrons. The molecule has 0 aliphatic heterocycles. The number of fused-ring (bicyclic) bond motifs is 1. The quantitative estimate of drug-likeness (QED) is 0.491. The van der Waals surface area contributed by atoms with Gasteiger partial charge in [-0.15, -0.1) is 5.10 Å². The number of rotatable bonds is 3. The second kappa shape index (κ2) is 5.35. The molecule has 7 nitrogen and oxygen atoms in total. The molecule has 1 heterocycles. The topological polar surface area (TPSA) is 97.5 Å². The molecule has 3 rings (SSSR count). The van der Waals surface area contributed by atoms with Crippen LogP contribution in [-0.2, 0) is 0 Å². The van der Waals surface area contributed by atoms with Crippen LogP contribution in [0.2, 0.25) is 0 Å².